The van der Waals surface area contributed by atoms with Crippen molar-refractivity contribution in [1.82, 2.24) is 15.4 Å². The van der Waals surface area contributed by atoms with Crippen molar-refractivity contribution in [2.75, 3.05) is 19.6 Å². The Morgan fingerprint density at radius 3 is 2.46 bits per heavy atom. The van der Waals surface area contributed by atoms with Gasteiger partial charge in [0, 0.05) is 18.6 Å². The van der Waals surface area contributed by atoms with E-state index in [4.69, 9.17) is 0 Å². The average Bonchev–Trinajstić information content (AvgIpc) is 2.44. The number of hydrogen-bond acceptors (Lipinski definition) is 3. The second-order valence-electron chi connectivity index (χ2n) is 6.80. The lowest BCUT2D eigenvalue weighted by Crippen LogP contribution is -2.47. The minimum absolute atomic E-state index is 0.112. The summed E-state index contributed by atoms with van der Waals surface area (Å²) < 4.78 is 27.4. The summed E-state index contributed by atoms with van der Waals surface area (Å²) in [7, 11) is -3.52. The molecular formula is C17H30N4O2S. The summed E-state index contributed by atoms with van der Waals surface area (Å²) in [4.78, 5) is 4.73. The van der Waals surface area contributed by atoms with E-state index in [1.807, 2.05) is 46.8 Å². The second-order valence-corrected chi connectivity index (χ2v) is 8.54. The molecule has 3 N–H and O–H groups in total. The Bertz CT molecular complexity index is 676. The average molecular weight is 355 g/mol. The topological polar surface area (TPSA) is 82.6 Å². The monoisotopic (exact) mass is 354 g/mol. The van der Waals surface area contributed by atoms with Gasteiger partial charge in [0.05, 0.1) is 11.4 Å². The van der Waals surface area contributed by atoms with Gasteiger partial charge < -0.3 is 10.6 Å². The van der Waals surface area contributed by atoms with Crippen LogP contribution in [0.5, 0.6) is 0 Å². The lowest BCUT2D eigenvalue weighted by Gasteiger charge is -2.23. The predicted molar refractivity (Wildman–Crippen MR) is 100.0 cm³/mol. The van der Waals surface area contributed by atoms with Crippen molar-refractivity contribution in [3.63, 3.8) is 0 Å². The fourth-order valence-corrected chi connectivity index (χ4v) is 3.43. The summed E-state index contributed by atoms with van der Waals surface area (Å²) in [5, 5.41) is 6.41. The minimum atomic E-state index is -3.52. The van der Waals surface area contributed by atoms with Crippen LogP contribution in [0.3, 0.4) is 0 Å². The summed E-state index contributed by atoms with van der Waals surface area (Å²) in [6, 6.07) is 5.41. The smallest absolute Gasteiger partial charge is 0.240 e. The highest BCUT2D eigenvalue weighted by atomic mass is 32.2. The molecule has 1 rings (SSSR count). The van der Waals surface area contributed by atoms with Gasteiger partial charge in [0.1, 0.15) is 0 Å². The molecule has 0 spiro atoms. The van der Waals surface area contributed by atoms with Crippen molar-refractivity contribution in [2.45, 2.75) is 52.0 Å². The number of guanidine groups is 1. The first-order chi connectivity index (χ1) is 11.0. The maximum absolute atomic E-state index is 12.4. The molecule has 0 aromatic heterocycles. The van der Waals surface area contributed by atoms with Gasteiger partial charge >= 0.3 is 0 Å². The van der Waals surface area contributed by atoms with E-state index in [1.54, 1.807) is 13.0 Å². The van der Waals surface area contributed by atoms with Crippen molar-refractivity contribution in [3.05, 3.63) is 29.3 Å². The van der Waals surface area contributed by atoms with E-state index < -0.39 is 10.0 Å². The summed E-state index contributed by atoms with van der Waals surface area (Å²) >= 11 is 0. The Morgan fingerprint density at radius 2 is 1.88 bits per heavy atom. The van der Waals surface area contributed by atoms with Gasteiger partial charge in [-0.15, -0.1) is 0 Å². The van der Waals surface area contributed by atoms with Crippen LogP contribution in [0.15, 0.2) is 28.1 Å². The van der Waals surface area contributed by atoms with Crippen LogP contribution in [0.25, 0.3) is 0 Å². The van der Waals surface area contributed by atoms with E-state index in [0.29, 0.717) is 17.4 Å². The maximum Gasteiger partial charge on any atom is 0.240 e. The molecule has 136 valence electrons. The number of benzene rings is 1. The van der Waals surface area contributed by atoms with E-state index in [2.05, 4.69) is 20.3 Å². The summed E-state index contributed by atoms with van der Waals surface area (Å²) in [5.41, 5.74) is 1.54. The summed E-state index contributed by atoms with van der Waals surface area (Å²) in [5.74, 6) is 0.677. The van der Waals surface area contributed by atoms with E-state index in [9.17, 15) is 8.42 Å². The molecule has 0 aliphatic carbocycles. The van der Waals surface area contributed by atoms with E-state index in [-0.39, 0.29) is 12.1 Å². The molecule has 0 fully saturated rings. The number of sulfonamides is 1. The molecular weight excluding hydrogens is 324 g/mol. The Morgan fingerprint density at radius 1 is 1.21 bits per heavy atom. The van der Waals surface area contributed by atoms with E-state index in [0.717, 1.165) is 17.7 Å². The Labute approximate surface area is 146 Å². The van der Waals surface area contributed by atoms with Crippen LogP contribution >= 0.6 is 0 Å². The van der Waals surface area contributed by atoms with Gasteiger partial charge in [0.2, 0.25) is 10.0 Å². The number of aliphatic imine (C=N–C) groups is 1. The lowest BCUT2D eigenvalue weighted by molar-refractivity contribution is 0.501. The zero-order chi connectivity index (χ0) is 18.4. The minimum Gasteiger partial charge on any atom is -0.357 e. The van der Waals surface area contributed by atoms with E-state index >= 15 is 0 Å². The van der Waals surface area contributed by atoms with Crippen LogP contribution in [0.4, 0.5) is 0 Å². The largest absolute Gasteiger partial charge is 0.357 e. The van der Waals surface area contributed by atoms with Crippen LogP contribution in [0.1, 0.15) is 38.8 Å². The van der Waals surface area contributed by atoms with Crippen LogP contribution in [0, 0.1) is 13.8 Å². The lowest BCUT2D eigenvalue weighted by atomic mass is 10.1. The summed E-state index contributed by atoms with van der Waals surface area (Å²) in [6.45, 7) is 13.1. The molecule has 0 atom stereocenters. The normalized spacial score (nSPS) is 13.0. The number of nitrogens with zero attached hydrogens (tertiary/aromatic N) is 1. The molecule has 24 heavy (non-hydrogen) atoms. The third-order valence-electron chi connectivity index (χ3n) is 3.14. The predicted octanol–water partition coefficient (Wildman–Crippen LogP) is 1.94. The molecule has 0 amide bonds. The molecule has 0 aliphatic heterocycles. The fraction of sp³-hybridized carbons (Fsp3) is 0.588. The van der Waals surface area contributed by atoms with Crippen molar-refractivity contribution < 1.29 is 8.42 Å². The first-order valence-electron chi connectivity index (χ1n) is 8.18. The van der Waals surface area contributed by atoms with Gasteiger partial charge in [-0.2, -0.15) is 0 Å². The molecule has 0 heterocycles. The van der Waals surface area contributed by atoms with Gasteiger partial charge in [-0.05, 0) is 58.7 Å². The highest BCUT2D eigenvalue weighted by Gasteiger charge is 2.16. The quantitative estimate of drug-likeness (QED) is 0.414. The van der Waals surface area contributed by atoms with Gasteiger partial charge in [0.25, 0.3) is 0 Å². The Balaban J connectivity index is 2.71. The Kier molecular flexibility index (Phi) is 7.23. The van der Waals surface area contributed by atoms with Gasteiger partial charge in [-0.1, -0.05) is 12.1 Å². The van der Waals surface area contributed by atoms with Gasteiger partial charge in [0.15, 0.2) is 5.96 Å². The molecule has 0 saturated heterocycles. The molecule has 0 aliphatic rings. The van der Waals surface area contributed by atoms with E-state index in [1.165, 1.54) is 0 Å². The van der Waals surface area contributed by atoms with Crippen molar-refractivity contribution in [3.8, 4) is 0 Å². The Hall–Kier alpha value is -1.60. The molecule has 0 bridgehead atoms. The second kappa shape index (κ2) is 8.48. The highest BCUT2D eigenvalue weighted by Crippen LogP contribution is 2.16. The first-order valence-corrected chi connectivity index (χ1v) is 9.67. The van der Waals surface area contributed by atoms with Crippen LogP contribution in [0.2, 0.25) is 0 Å². The number of rotatable bonds is 6. The van der Waals surface area contributed by atoms with Crippen molar-refractivity contribution in [1.29, 1.82) is 0 Å². The number of aryl methyl sites for hydroxylation is 2. The molecule has 0 saturated carbocycles. The van der Waals surface area contributed by atoms with Crippen LogP contribution in [-0.4, -0.2) is 39.6 Å². The van der Waals surface area contributed by atoms with Crippen LogP contribution < -0.4 is 15.4 Å². The zero-order valence-corrected chi connectivity index (χ0v) is 16.3. The first kappa shape index (κ1) is 20.4. The fourth-order valence-electron chi connectivity index (χ4n) is 2.08. The zero-order valence-electron chi connectivity index (χ0n) is 15.5. The SMILES string of the molecule is CCNC(=NCCNS(=O)(=O)c1cc(C)ccc1C)NC(C)(C)C. The third kappa shape index (κ3) is 6.88. The van der Waals surface area contributed by atoms with Crippen molar-refractivity contribution in [2.24, 2.45) is 4.99 Å². The standard InChI is InChI=1S/C17H30N4O2S/c1-7-18-16(21-17(4,5)6)19-10-11-20-24(22,23)15-12-13(2)8-9-14(15)3/h8-9,12,20H,7,10-11H2,1-6H3,(H2,18,19,21). The molecule has 1 aromatic carbocycles. The molecule has 7 heteroatoms. The highest BCUT2D eigenvalue weighted by molar-refractivity contribution is 7.89. The molecule has 0 radical (unpaired) electrons. The molecule has 6 nitrogen and oxygen atoms in total. The molecule has 1 aromatic rings. The van der Waals surface area contributed by atoms with Gasteiger partial charge in [-0.3, -0.25) is 4.99 Å². The maximum atomic E-state index is 12.4. The van der Waals surface area contributed by atoms with Gasteiger partial charge in [-0.25, -0.2) is 13.1 Å². The molecule has 0 unspecified atom stereocenters. The summed E-state index contributed by atoms with van der Waals surface area (Å²) in [6.07, 6.45) is 0. The number of hydrogen-bond donors (Lipinski definition) is 3. The number of nitrogens with one attached hydrogen (secondary N) is 3. The third-order valence-corrected chi connectivity index (χ3v) is 4.75. The van der Waals surface area contributed by atoms with Crippen LogP contribution in [-0.2, 0) is 10.0 Å². The van der Waals surface area contributed by atoms with Crippen molar-refractivity contribution >= 4 is 16.0 Å².